The molecule has 15 heavy (non-hydrogen) atoms. The Hall–Kier alpha value is -1.81. The number of benzene rings is 1. The molecule has 0 radical (unpaired) electrons. The molecule has 0 unspecified atom stereocenters. The van der Waals surface area contributed by atoms with Gasteiger partial charge in [0.2, 0.25) is 0 Å². The Morgan fingerprint density at radius 3 is 2.53 bits per heavy atom. The number of nitrogens with two attached hydrogens (primary N) is 1. The molecule has 3 nitrogen and oxygen atoms in total. The molecule has 1 amide bonds. The van der Waals surface area contributed by atoms with Crippen molar-refractivity contribution in [3.05, 3.63) is 46.7 Å². The zero-order valence-corrected chi connectivity index (χ0v) is 8.75. The number of amides is 1. The largest absolute Gasteiger partial charge is 0.397 e. The van der Waals surface area contributed by atoms with Crippen LogP contribution >= 0.6 is 11.3 Å². The van der Waals surface area contributed by atoms with Crippen LogP contribution in [0.5, 0.6) is 0 Å². The number of anilines is 2. The molecule has 0 spiro atoms. The van der Waals surface area contributed by atoms with Gasteiger partial charge in [-0.3, -0.25) is 4.79 Å². The average molecular weight is 218 g/mol. The molecule has 1 aromatic heterocycles. The maximum Gasteiger partial charge on any atom is 0.258 e. The highest BCUT2D eigenvalue weighted by Crippen LogP contribution is 2.18. The maximum atomic E-state index is 11.7. The van der Waals surface area contributed by atoms with Crippen LogP contribution in [-0.2, 0) is 0 Å². The van der Waals surface area contributed by atoms with Crippen molar-refractivity contribution in [1.29, 1.82) is 0 Å². The molecular weight excluding hydrogens is 208 g/mol. The topological polar surface area (TPSA) is 55.1 Å². The van der Waals surface area contributed by atoms with Crippen molar-refractivity contribution >= 4 is 28.6 Å². The van der Waals surface area contributed by atoms with E-state index in [4.69, 9.17) is 5.73 Å². The third-order valence-electron chi connectivity index (χ3n) is 1.97. The van der Waals surface area contributed by atoms with Gasteiger partial charge in [0.05, 0.1) is 11.3 Å². The molecule has 0 saturated carbocycles. The molecule has 0 fully saturated rings. The Morgan fingerprint density at radius 2 is 1.93 bits per heavy atom. The number of carbonyl (C=O) groups excluding carboxylic acids is 1. The van der Waals surface area contributed by atoms with Crippen molar-refractivity contribution in [2.75, 3.05) is 11.1 Å². The normalized spacial score (nSPS) is 9.87. The molecule has 0 aliphatic heterocycles. The second-order valence-corrected chi connectivity index (χ2v) is 3.80. The summed E-state index contributed by atoms with van der Waals surface area (Å²) in [5.74, 6) is -0.167. The summed E-state index contributed by atoms with van der Waals surface area (Å²) in [4.78, 5) is 11.7. The Morgan fingerprint density at radius 1 is 1.20 bits per heavy atom. The van der Waals surface area contributed by atoms with Crippen LogP contribution in [0.1, 0.15) is 10.4 Å². The number of thiophene rings is 1. The number of nitrogen functional groups attached to an aromatic ring is 1. The third kappa shape index (κ3) is 2.16. The standard InChI is InChI=1S/C11H10N2OS/c12-10-7-15-6-9(10)11(14)13-8-4-2-1-3-5-8/h1-7H,12H2,(H,13,14). The van der Waals surface area contributed by atoms with Gasteiger partial charge in [-0.1, -0.05) is 18.2 Å². The van der Waals surface area contributed by atoms with Gasteiger partial charge in [0.25, 0.3) is 5.91 Å². The van der Waals surface area contributed by atoms with Gasteiger partial charge < -0.3 is 11.1 Å². The summed E-state index contributed by atoms with van der Waals surface area (Å²) in [6.45, 7) is 0. The minimum Gasteiger partial charge on any atom is -0.397 e. The fourth-order valence-corrected chi connectivity index (χ4v) is 1.93. The first-order chi connectivity index (χ1) is 7.27. The van der Waals surface area contributed by atoms with Gasteiger partial charge >= 0.3 is 0 Å². The predicted molar refractivity (Wildman–Crippen MR) is 63.1 cm³/mol. The van der Waals surface area contributed by atoms with Gasteiger partial charge in [0, 0.05) is 16.4 Å². The lowest BCUT2D eigenvalue weighted by Crippen LogP contribution is -2.12. The van der Waals surface area contributed by atoms with E-state index in [1.165, 1.54) is 11.3 Å². The third-order valence-corrected chi connectivity index (χ3v) is 2.73. The van der Waals surface area contributed by atoms with Crippen molar-refractivity contribution in [3.63, 3.8) is 0 Å². The first-order valence-electron chi connectivity index (χ1n) is 4.45. The summed E-state index contributed by atoms with van der Waals surface area (Å²) < 4.78 is 0. The lowest BCUT2D eigenvalue weighted by atomic mass is 10.2. The van der Waals surface area contributed by atoms with E-state index in [0.29, 0.717) is 11.3 Å². The van der Waals surface area contributed by atoms with Crippen LogP contribution < -0.4 is 11.1 Å². The highest BCUT2D eigenvalue weighted by molar-refractivity contribution is 7.08. The van der Waals surface area contributed by atoms with Gasteiger partial charge in [-0.25, -0.2) is 0 Å². The number of hydrogen-bond acceptors (Lipinski definition) is 3. The van der Waals surface area contributed by atoms with Crippen LogP contribution in [0.4, 0.5) is 11.4 Å². The van der Waals surface area contributed by atoms with Gasteiger partial charge in [0.1, 0.15) is 0 Å². The van der Waals surface area contributed by atoms with Crippen LogP contribution in [0.3, 0.4) is 0 Å². The van der Waals surface area contributed by atoms with Crippen LogP contribution in [-0.4, -0.2) is 5.91 Å². The molecule has 2 aromatic rings. The van der Waals surface area contributed by atoms with E-state index in [2.05, 4.69) is 5.32 Å². The molecule has 1 aromatic carbocycles. The molecule has 1 heterocycles. The van der Waals surface area contributed by atoms with Crippen LogP contribution in [0.2, 0.25) is 0 Å². The van der Waals surface area contributed by atoms with E-state index < -0.39 is 0 Å². The lowest BCUT2D eigenvalue weighted by Gasteiger charge is -2.03. The SMILES string of the molecule is Nc1cscc1C(=O)Nc1ccccc1. The van der Waals surface area contributed by atoms with E-state index in [1.807, 2.05) is 30.3 Å². The Bertz CT molecular complexity index is 464. The minimum atomic E-state index is -0.167. The van der Waals surface area contributed by atoms with Crippen molar-refractivity contribution in [3.8, 4) is 0 Å². The summed E-state index contributed by atoms with van der Waals surface area (Å²) in [5.41, 5.74) is 7.47. The van der Waals surface area contributed by atoms with Gasteiger partial charge in [-0.2, -0.15) is 0 Å². The summed E-state index contributed by atoms with van der Waals surface area (Å²) in [6, 6.07) is 9.30. The Balaban J connectivity index is 2.15. The quantitative estimate of drug-likeness (QED) is 0.814. The molecule has 76 valence electrons. The van der Waals surface area contributed by atoms with Gasteiger partial charge in [-0.05, 0) is 12.1 Å². The van der Waals surface area contributed by atoms with E-state index >= 15 is 0 Å². The molecule has 0 atom stereocenters. The predicted octanol–water partition coefficient (Wildman–Crippen LogP) is 2.58. The summed E-state index contributed by atoms with van der Waals surface area (Å²) >= 11 is 1.42. The van der Waals surface area contributed by atoms with Crippen molar-refractivity contribution < 1.29 is 4.79 Å². The summed E-state index contributed by atoms with van der Waals surface area (Å²) in [6.07, 6.45) is 0. The molecule has 2 rings (SSSR count). The van der Waals surface area contributed by atoms with Gasteiger partial charge in [0.15, 0.2) is 0 Å². The number of para-hydroxylation sites is 1. The monoisotopic (exact) mass is 218 g/mol. The molecule has 0 aliphatic carbocycles. The minimum absolute atomic E-state index is 0.167. The molecule has 3 N–H and O–H groups in total. The lowest BCUT2D eigenvalue weighted by molar-refractivity contribution is 0.102. The smallest absolute Gasteiger partial charge is 0.258 e. The fraction of sp³-hybridized carbons (Fsp3) is 0. The molecule has 0 bridgehead atoms. The van der Waals surface area contributed by atoms with Gasteiger partial charge in [-0.15, -0.1) is 11.3 Å². The molecular formula is C11H10N2OS. The van der Waals surface area contributed by atoms with E-state index in [9.17, 15) is 4.79 Å². The number of carbonyl (C=O) groups is 1. The summed E-state index contributed by atoms with van der Waals surface area (Å²) in [5, 5.41) is 6.27. The van der Waals surface area contributed by atoms with Crippen molar-refractivity contribution in [1.82, 2.24) is 0 Å². The number of nitrogens with one attached hydrogen (secondary N) is 1. The number of rotatable bonds is 2. The van der Waals surface area contributed by atoms with E-state index in [0.717, 1.165) is 5.69 Å². The highest BCUT2D eigenvalue weighted by atomic mass is 32.1. The van der Waals surface area contributed by atoms with E-state index in [1.54, 1.807) is 10.8 Å². The first kappa shape index (κ1) is 9.73. The summed E-state index contributed by atoms with van der Waals surface area (Å²) in [7, 11) is 0. The van der Waals surface area contributed by atoms with Crippen molar-refractivity contribution in [2.45, 2.75) is 0 Å². The molecule has 4 heteroatoms. The average Bonchev–Trinajstić information content (AvgIpc) is 2.66. The highest BCUT2D eigenvalue weighted by Gasteiger charge is 2.09. The second kappa shape index (κ2) is 4.14. The number of hydrogen-bond donors (Lipinski definition) is 2. The second-order valence-electron chi connectivity index (χ2n) is 3.06. The zero-order chi connectivity index (χ0) is 10.7. The first-order valence-corrected chi connectivity index (χ1v) is 5.40. The fourth-order valence-electron chi connectivity index (χ4n) is 1.21. The maximum absolute atomic E-state index is 11.7. The van der Waals surface area contributed by atoms with Crippen LogP contribution in [0.25, 0.3) is 0 Å². The molecule has 0 aliphatic rings. The van der Waals surface area contributed by atoms with Crippen molar-refractivity contribution in [2.24, 2.45) is 0 Å². The Labute approximate surface area is 91.5 Å². The van der Waals surface area contributed by atoms with Crippen LogP contribution in [0, 0.1) is 0 Å². The van der Waals surface area contributed by atoms with E-state index in [-0.39, 0.29) is 5.91 Å². The Kier molecular flexibility index (Phi) is 2.69. The zero-order valence-electron chi connectivity index (χ0n) is 7.94. The molecule has 0 saturated heterocycles. The van der Waals surface area contributed by atoms with Crippen LogP contribution in [0.15, 0.2) is 41.1 Å².